The van der Waals surface area contributed by atoms with E-state index in [9.17, 15) is 9.90 Å². The number of likely N-dealkylation sites (tertiary alicyclic amines) is 1. The van der Waals surface area contributed by atoms with Gasteiger partial charge in [-0.3, -0.25) is 9.78 Å². The summed E-state index contributed by atoms with van der Waals surface area (Å²) in [6.45, 7) is 3.70. The lowest BCUT2D eigenvalue weighted by Crippen LogP contribution is -2.44. The molecule has 1 fully saturated rings. The maximum absolute atomic E-state index is 12.7. The first-order valence-electron chi connectivity index (χ1n) is 8.74. The number of benzene rings is 1. The zero-order valence-corrected chi connectivity index (χ0v) is 14.5. The van der Waals surface area contributed by atoms with Crippen molar-refractivity contribution in [3.63, 3.8) is 0 Å². The van der Waals surface area contributed by atoms with Crippen LogP contribution in [0.2, 0.25) is 0 Å². The number of carbonyl (C=O) groups is 1. The molecule has 0 atom stereocenters. The number of rotatable bonds is 5. The van der Waals surface area contributed by atoms with E-state index in [1.807, 2.05) is 17.0 Å². The topological polar surface area (TPSA) is 62.7 Å². The summed E-state index contributed by atoms with van der Waals surface area (Å²) in [6, 6.07) is 10.8. The van der Waals surface area contributed by atoms with Gasteiger partial charge < -0.3 is 14.7 Å². The summed E-state index contributed by atoms with van der Waals surface area (Å²) in [5.41, 5.74) is 0.643. The number of carbonyl (C=O) groups excluding carboxylic acids is 1. The van der Waals surface area contributed by atoms with Crippen molar-refractivity contribution in [3.05, 3.63) is 54.4 Å². The van der Waals surface area contributed by atoms with Crippen molar-refractivity contribution in [1.29, 1.82) is 0 Å². The van der Waals surface area contributed by atoms with Gasteiger partial charge in [-0.2, -0.15) is 0 Å². The minimum absolute atomic E-state index is 0.0157. The van der Waals surface area contributed by atoms with Crippen molar-refractivity contribution in [3.8, 4) is 11.5 Å². The third-order valence-corrected chi connectivity index (χ3v) is 5.17. The summed E-state index contributed by atoms with van der Waals surface area (Å²) in [5.74, 6) is 1.38. The molecule has 0 saturated carbocycles. The molecule has 25 heavy (non-hydrogen) atoms. The predicted molar refractivity (Wildman–Crippen MR) is 95.7 cm³/mol. The molecule has 1 aromatic carbocycles. The number of pyridine rings is 1. The van der Waals surface area contributed by atoms with Crippen LogP contribution < -0.4 is 4.74 Å². The van der Waals surface area contributed by atoms with E-state index in [0.29, 0.717) is 30.2 Å². The highest BCUT2D eigenvalue weighted by Crippen LogP contribution is 2.34. The van der Waals surface area contributed by atoms with E-state index in [1.165, 1.54) is 0 Å². The van der Waals surface area contributed by atoms with Crippen LogP contribution in [0.4, 0.5) is 0 Å². The Morgan fingerprint density at radius 1 is 1.20 bits per heavy atom. The van der Waals surface area contributed by atoms with Crippen LogP contribution in [-0.2, 0) is 0 Å². The van der Waals surface area contributed by atoms with E-state index in [4.69, 9.17) is 4.74 Å². The van der Waals surface area contributed by atoms with Gasteiger partial charge in [0.2, 0.25) is 0 Å². The minimum atomic E-state index is -0.0157. The second-order valence-electron chi connectivity index (χ2n) is 6.62. The lowest BCUT2D eigenvalue weighted by atomic mass is 9.77. The molecule has 2 aromatic rings. The van der Waals surface area contributed by atoms with Crippen molar-refractivity contribution in [2.75, 3.05) is 19.7 Å². The molecule has 1 N–H and O–H groups in total. The van der Waals surface area contributed by atoms with Crippen molar-refractivity contribution >= 4 is 5.91 Å². The molecule has 1 aliphatic rings. The maximum atomic E-state index is 12.7. The Morgan fingerprint density at radius 3 is 2.48 bits per heavy atom. The zero-order valence-electron chi connectivity index (χ0n) is 14.5. The summed E-state index contributed by atoms with van der Waals surface area (Å²) in [4.78, 5) is 18.6. The van der Waals surface area contributed by atoms with Gasteiger partial charge in [-0.1, -0.05) is 6.92 Å². The molecule has 3 rings (SSSR count). The second-order valence-corrected chi connectivity index (χ2v) is 6.62. The summed E-state index contributed by atoms with van der Waals surface area (Å²) >= 11 is 0. The molecular formula is C20H24N2O3. The number of aliphatic hydroxyl groups excluding tert-OH is 1. The Bertz CT molecular complexity index is 687. The molecule has 5 nitrogen and oxygen atoms in total. The highest BCUT2D eigenvalue weighted by atomic mass is 16.5. The van der Waals surface area contributed by atoms with Crippen molar-refractivity contribution in [2.24, 2.45) is 5.41 Å². The van der Waals surface area contributed by atoms with Crippen LogP contribution in [0.15, 0.2) is 48.8 Å². The minimum Gasteiger partial charge on any atom is -0.456 e. The molecular weight excluding hydrogens is 316 g/mol. The van der Waals surface area contributed by atoms with E-state index in [1.54, 1.807) is 36.7 Å². The molecule has 1 aliphatic heterocycles. The first-order valence-corrected chi connectivity index (χ1v) is 8.74. The summed E-state index contributed by atoms with van der Waals surface area (Å²) in [6.07, 6.45) is 6.00. The monoisotopic (exact) mass is 340 g/mol. The Balaban J connectivity index is 1.62. The molecule has 1 aromatic heterocycles. The number of nitrogens with zero attached hydrogens (tertiary/aromatic N) is 2. The molecule has 2 heterocycles. The van der Waals surface area contributed by atoms with Crippen molar-refractivity contribution in [2.45, 2.75) is 26.2 Å². The number of aromatic nitrogens is 1. The highest BCUT2D eigenvalue weighted by Gasteiger charge is 2.34. The van der Waals surface area contributed by atoms with Gasteiger partial charge in [0.1, 0.15) is 11.5 Å². The average molecular weight is 340 g/mol. The fourth-order valence-electron chi connectivity index (χ4n) is 3.20. The Kier molecular flexibility index (Phi) is 5.34. The fourth-order valence-corrected chi connectivity index (χ4v) is 3.20. The van der Waals surface area contributed by atoms with Crippen molar-refractivity contribution < 1.29 is 14.6 Å². The van der Waals surface area contributed by atoms with Crippen LogP contribution in [0.25, 0.3) is 0 Å². The Hall–Kier alpha value is -2.40. The third-order valence-electron chi connectivity index (χ3n) is 5.17. The Morgan fingerprint density at radius 2 is 1.92 bits per heavy atom. The highest BCUT2D eigenvalue weighted by molar-refractivity contribution is 5.94. The number of aliphatic hydroxyl groups is 1. The largest absolute Gasteiger partial charge is 0.456 e. The van der Waals surface area contributed by atoms with Gasteiger partial charge >= 0.3 is 0 Å². The number of ether oxygens (including phenoxy) is 1. The number of piperidine rings is 1. The smallest absolute Gasteiger partial charge is 0.253 e. The van der Waals surface area contributed by atoms with Gasteiger partial charge in [0.05, 0.1) is 6.20 Å². The molecule has 132 valence electrons. The van der Waals surface area contributed by atoms with E-state index in [2.05, 4.69) is 11.9 Å². The molecule has 0 unspecified atom stereocenters. The summed E-state index contributed by atoms with van der Waals surface area (Å²) in [5, 5.41) is 9.61. The molecule has 0 spiro atoms. The van der Waals surface area contributed by atoms with Gasteiger partial charge in [-0.05, 0) is 61.1 Å². The van der Waals surface area contributed by atoms with Crippen LogP contribution in [0, 0.1) is 5.41 Å². The van der Waals surface area contributed by atoms with Crippen LogP contribution in [0.3, 0.4) is 0 Å². The number of hydrogen-bond donors (Lipinski definition) is 1. The quantitative estimate of drug-likeness (QED) is 0.905. The lowest BCUT2D eigenvalue weighted by molar-refractivity contribution is 0.0338. The molecule has 0 aliphatic carbocycles. The van der Waals surface area contributed by atoms with Crippen LogP contribution >= 0.6 is 0 Å². The van der Waals surface area contributed by atoms with Gasteiger partial charge in [0, 0.05) is 31.5 Å². The summed E-state index contributed by atoms with van der Waals surface area (Å²) < 4.78 is 5.70. The molecule has 0 bridgehead atoms. The van der Waals surface area contributed by atoms with Gasteiger partial charge in [-0.15, -0.1) is 0 Å². The van der Waals surface area contributed by atoms with E-state index in [-0.39, 0.29) is 17.9 Å². The summed E-state index contributed by atoms with van der Waals surface area (Å²) in [7, 11) is 0. The average Bonchev–Trinajstić information content (AvgIpc) is 2.69. The SMILES string of the molecule is CCC1(CO)CCN(C(=O)c2ccc(Oc3cccnc3)cc2)CC1. The molecule has 1 amide bonds. The van der Waals surface area contributed by atoms with Crippen LogP contribution in [-0.4, -0.2) is 40.6 Å². The normalized spacial score (nSPS) is 16.5. The van der Waals surface area contributed by atoms with Crippen molar-refractivity contribution in [1.82, 2.24) is 9.88 Å². The lowest BCUT2D eigenvalue weighted by Gasteiger charge is -2.40. The van der Waals surface area contributed by atoms with Gasteiger partial charge in [0.15, 0.2) is 0 Å². The standard InChI is InChI=1S/C20H24N2O3/c1-2-20(15-23)9-12-22(13-10-20)19(24)16-5-7-17(8-6-16)25-18-4-3-11-21-14-18/h3-8,11,14,23H,2,9-10,12-13,15H2,1H3. The van der Waals surface area contributed by atoms with E-state index in [0.717, 1.165) is 19.3 Å². The third kappa shape index (κ3) is 3.99. The molecule has 0 radical (unpaired) electrons. The Labute approximate surface area is 148 Å². The second kappa shape index (κ2) is 7.66. The first-order chi connectivity index (χ1) is 12.2. The van der Waals surface area contributed by atoms with E-state index < -0.39 is 0 Å². The first kappa shape index (κ1) is 17.4. The van der Waals surface area contributed by atoms with Crippen LogP contribution in [0.5, 0.6) is 11.5 Å². The fraction of sp³-hybridized carbons (Fsp3) is 0.400. The van der Waals surface area contributed by atoms with Gasteiger partial charge in [0.25, 0.3) is 5.91 Å². The molecule has 5 heteroatoms. The number of amides is 1. The van der Waals surface area contributed by atoms with Crippen LogP contribution in [0.1, 0.15) is 36.5 Å². The molecule has 1 saturated heterocycles. The predicted octanol–water partition coefficient (Wildman–Crippen LogP) is 3.50. The van der Waals surface area contributed by atoms with Gasteiger partial charge in [-0.25, -0.2) is 0 Å². The number of hydrogen-bond acceptors (Lipinski definition) is 4. The van der Waals surface area contributed by atoms with E-state index >= 15 is 0 Å². The maximum Gasteiger partial charge on any atom is 0.253 e. The zero-order chi connectivity index (χ0) is 17.7.